The van der Waals surface area contributed by atoms with Crippen molar-refractivity contribution in [2.24, 2.45) is 16.7 Å². The number of carbonyl (C=O) groups excluding carboxylic acids is 5. The minimum absolute atomic E-state index is 0.0941. The summed E-state index contributed by atoms with van der Waals surface area (Å²) in [7, 11) is 2.68. The molecule has 1 amide bonds. The number of hydrogen-bond acceptors (Lipinski definition) is 14. The molecule has 15 nitrogen and oxygen atoms in total. The lowest BCUT2D eigenvalue weighted by atomic mass is 9.45. The third-order valence-corrected chi connectivity index (χ3v) is 13.1. The minimum Gasteiger partial charge on any atom is -0.456 e. The summed E-state index contributed by atoms with van der Waals surface area (Å²) in [5.74, 6) is -5.00. The molecule has 0 spiro atoms. The predicted octanol–water partition coefficient (Wildman–Crippen LogP) is 4.94. The van der Waals surface area contributed by atoms with Crippen LogP contribution in [0.25, 0.3) is 0 Å². The Kier molecular flexibility index (Phi) is 13.7. The highest BCUT2D eigenvalue weighted by molar-refractivity contribution is 5.94. The molecule has 4 N–H and O–H groups in total. The van der Waals surface area contributed by atoms with Crippen molar-refractivity contribution in [2.45, 2.75) is 141 Å². The van der Waals surface area contributed by atoms with E-state index in [2.05, 4.69) is 5.32 Å². The van der Waals surface area contributed by atoms with Gasteiger partial charge in [-0.3, -0.25) is 9.59 Å². The molecule has 0 radical (unpaired) electrons. The van der Waals surface area contributed by atoms with Gasteiger partial charge in [0.25, 0.3) is 0 Å². The number of Topliss-reactive ketones (excluding diaryl/α,β-unsaturated/α-hetero) is 1. The fourth-order valence-corrected chi connectivity index (χ4v) is 10.1. The first-order valence-corrected chi connectivity index (χ1v) is 20.5. The number of nitrogens with one attached hydrogen (secondary N) is 1. The number of alkyl carbamates (subject to hydrolysis) is 1. The first kappa shape index (κ1) is 47.4. The number of methoxy groups -OCH3 is 2. The molecule has 2 aromatic carbocycles. The second-order valence-electron chi connectivity index (χ2n) is 18.1. The number of carbonyl (C=O) groups is 5. The molecule has 61 heavy (non-hydrogen) atoms. The molecule has 3 aliphatic carbocycles. The van der Waals surface area contributed by atoms with E-state index in [4.69, 9.17) is 28.4 Å². The number of aliphatic hydroxyl groups is 3. The summed E-state index contributed by atoms with van der Waals surface area (Å²) in [6, 6.07) is 14.8. The van der Waals surface area contributed by atoms with Crippen LogP contribution in [0.1, 0.15) is 104 Å². The lowest BCUT2D eigenvalue weighted by Gasteiger charge is -2.65. The van der Waals surface area contributed by atoms with Gasteiger partial charge in [-0.2, -0.15) is 0 Å². The first-order chi connectivity index (χ1) is 28.4. The summed E-state index contributed by atoms with van der Waals surface area (Å²) < 4.78 is 36.1. The SMILES string of the molecule is CC[C@@]1(OC(C)=O)C2[C@H](OC(=O)c3ccccc3)[C@]3(O)CC(OC(=O)[C@H](O)[C@@H](NC(=O)OC(C)(C)C)c4ccccc4)C(C)=C([C@@H](OC)C(=O)[C@]2(C)[C@@H](OC)C[C@H]1O)C3(C)C. The summed E-state index contributed by atoms with van der Waals surface area (Å²) in [6.45, 7) is 14.3. The largest absolute Gasteiger partial charge is 0.456 e. The Balaban J connectivity index is 1.74. The standard InChI is InChI=1S/C46H61NO14/c1-12-45(60-26(3)48)30(49)23-31(56-10)44(9)36(45)38(59-39(52)28-21-17-14-18-22-28)46(55)24-29(25(2)32(43(46,7)8)35(57-11)37(44)51)58-40(53)34(50)33(27-19-15-13-16-20-27)47-41(54)61-42(4,5)6/h13-22,29-31,33-36,38,49-50,55H,12,23-24H2,1-11H3,(H,47,54)/t29?,30-,31+,33+,34-,35-,36?,38+,44-,45+,46-/m1/s1. The maximum Gasteiger partial charge on any atom is 0.408 e. The smallest absolute Gasteiger partial charge is 0.408 e. The molecule has 2 bridgehead atoms. The van der Waals surface area contributed by atoms with Gasteiger partial charge in [0.2, 0.25) is 0 Å². The van der Waals surface area contributed by atoms with Gasteiger partial charge in [0.15, 0.2) is 11.9 Å². The highest BCUT2D eigenvalue weighted by Gasteiger charge is 2.75. The van der Waals surface area contributed by atoms with Gasteiger partial charge in [-0.25, -0.2) is 14.4 Å². The molecule has 5 rings (SSSR count). The maximum atomic E-state index is 15.6. The number of ketones is 1. The molecule has 2 aromatic rings. The van der Waals surface area contributed by atoms with E-state index in [0.29, 0.717) is 11.1 Å². The van der Waals surface area contributed by atoms with Crippen molar-refractivity contribution in [2.75, 3.05) is 14.2 Å². The van der Waals surface area contributed by atoms with E-state index < -0.39 is 112 Å². The molecule has 0 heterocycles. The number of hydrogen-bond donors (Lipinski definition) is 4. The van der Waals surface area contributed by atoms with Crippen molar-refractivity contribution in [1.82, 2.24) is 5.32 Å². The van der Waals surface area contributed by atoms with E-state index in [1.807, 2.05) is 0 Å². The fraction of sp³-hybridized carbons (Fsp3) is 0.587. The minimum atomic E-state index is -2.31. The quantitative estimate of drug-likeness (QED) is 0.134. The van der Waals surface area contributed by atoms with E-state index in [1.54, 1.807) is 104 Å². The van der Waals surface area contributed by atoms with Crippen molar-refractivity contribution >= 4 is 29.8 Å². The normalized spacial score (nSPS) is 31.9. The highest BCUT2D eigenvalue weighted by Crippen LogP contribution is 2.63. The number of amides is 1. The molecule has 334 valence electrons. The van der Waals surface area contributed by atoms with Crippen LogP contribution in [0.4, 0.5) is 4.79 Å². The Bertz CT molecular complexity index is 1990. The van der Waals surface area contributed by atoms with Gasteiger partial charge < -0.3 is 49.1 Å². The third kappa shape index (κ3) is 8.47. The van der Waals surface area contributed by atoms with Gasteiger partial charge in [-0.15, -0.1) is 0 Å². The molecule has 3 aliphatic rings. The lowest BCUT2D eigenvalue weighted by Crippen LogP contribution is -2.78. The molecule has 2 unspecified atom stereocenters. The summed E-state index contributed by atoms with van der Waals surface area (Å²) in [5, 5.41) is 40.1. The van der Waals surface area contributed by atoms with Crippen LogP contribution < -0.4 is 5.32 Å². The molecule has 2 fully saturated rings. The molecule has 15 heteroatoms. The second-order valence-corrected chi connectivity index (χ2v) is 18.1. The van der Waals surface area contributed by atoms with Crippen molar-refractivity contribution < 1.29 is 67.7 Å². The van der Waals surface area contributed by atoms with Crippen LogP contribution in [-0.4, -0.2) is 113 Å². The van der Waals surface area contributed by atoms with Gasteiger partial charge in [-0.05, 0) is 69.9 Å². The summed E-state index contributed by atoms with van der Waals surface area (Å²) in [4.78, 5) is 70.3. The zero-order chi connectivity index (χ0) is 45.5. The van der Waals surface area contributed by atoms with E-state index in [9.17, 15) is 34.5 Å². The van der Waals surface area contributed by atoms with Crippen LogP contribution in [0, 0.1) is 16.7 Å². The number of rotatable bonds is 11. The van der Waals surface area contributed by atoms with Crippen LogP contribution in [0.2, 0.25) is 0 Å². The monoisotopic (exact) mass is 851 g/mol. The summed E-state index contributed by atoms with van der Waals surface area (Å²) in [5.41, 5.74) is -7.52. The van der Waals surface area contributed by atoms with E-state index in [0.717, 1.165) is 6.92 Å². The van der Waals surface area contributed by atoms with Gasteiger partial charge in [-0.1, -0.05) is 69.3 Å². The van der Waals surface area contributed by atoms with Crippen LogP contribution >= 0.6 is 0 Å². The highest BCUT2D eigenvalue weighted by atomic mass is 16.6. The van der Waals surface area contributed by atoms with Gasteiger partial charge in [0.05, 0.1) is 35.1 Å². The van der Waals surface area contributed by atoms with Crippen LogP contribution in [0.15, 0.2) is 71.8 Å². The predicted molar refractivity (Wildman–Crippen MR) is 220 cm³/mol. The Morgan fingerprint density at radius 1 is 0.934 bits per heavy atom. The number of fused-ring (bicyclic) bond motifs is 3. The Labute approximate surface area is 357 Å². The van der Waals surface area contributed by atoms with Crippen molar-refractivity contribution in [3.63, 3.8) is 0 Å². The third-order valence-electron chi connectivity index (χ3n) is 13.1. The van der Waals surface area contributed by atoms with Gasteiger partial charge >= 0.3 is 24.0 Å². The molecule has 0 aliphatic heterocycles. The lowest BCUT2D eigenvalue weighted by molar-refractivity contribution is -0.286. The zero-order valence-electron chi connectivity index (χ0n) is 36.8. The fourth-order valence-electron chi connectivity index (χ4n) is 10.1. The van der Waals surface area contributed by atoms with Gasteiger partial charge in [0.1, 0.15) is 35.1 Å². The number of ether oxygens (including phenoxy) is 6. The zero-order valence-corrected chi connectivity index (χ0v) is 36.8. The molecular weight excluding hydrogens is 790 g/mol. The Hall–Kier alpha value is -4.67. The van der Waals surface area contributed by atoms with Gasteiger partial charge in [0, 0.05) is 39.4 Å². The summed E-state index contributed by atoms with van der Waals surface area (Å²) >= 11 is 0. The van der Waals surface area contributed by atoms with Crippen LogP contribution in [0.5, 0.6) is 0 Å². The number of esters is 3. The van der Waals surface area contributed by atoms with Crippen LogP contribution in [0.3, 0.4) is 0 Å². The van der Waals surface area contributed by atoms with E-state index in [1.165, 1.54) is 26.4 Å². The molecule has 0 saturated heterocycles. The molecule has 0 aromatic heterocycles. The van der Waals surface area contributed by atoms with Crippen molar-refractivity contribution in [1.29, 1.82) is 0 Å². The second kappa shape index (κ2) is 17.6. The van der Waals surface area contributed by atoms with Crippen molar-refractivity contribution in [3.05, 3.63) is 82.9 Å². The first-order valence-electron chi connectivity index (χ1n) is 20.5. The average Bonchev–Trinajstić information content (AvgIpc) is 3.20. The molecule has 2 saturated carbocycles. The maximum absolute atomic E-state index is 15.6. The Morgan fingerprint density at radius 3 is 2.05 bits per heavy atom. The van der Waals surface area contributed by atoms with E-state index >= 15 is 4.79 Å². The number of benzene rings is 2. The Morgan fingerprint density at radius 2 is 1.52 bits per heavy atom. The molecule has 11 atom stereocenters. The number of aliphatic hydroxyl groups excluding tert-OH is 2. The molecular formula is C46H61NO14. The van der Waals surface area contributed by atoms with Crippen molar-refractivity contribution in [3.8, 4) is 0 Å². The van der Waals surface area contributed by atoms with Crippen LogP contribution in [-0.2, 0) is 42.8 Å². The topological polar surface area (TPSA) is 213 Å². The summed E-state index contributed by atoms with van der Waals surface area (Å²) in [6.07, 6.45) is -10.9. The average molecular weight is 852 g/mol. The van der Waals surface area contributed by atoms with E-state index in [-0.39, 0.29) is 24.0 Å².